The molecular weight excluding hydrogens is 282 g/mol. The highest BCUT2D eigenvalue weighted by Gasteiger charge is 2.25. The Labute approximate surface area is 128 Å². The molecule has 6 heteroatoms. The maximum absolute atomic E-state index is 12.4. The minimum absolute atomic E-state index is 0.0590. The molecule has 0 aromatic carbocycles. The van der Waals surface area contributed by atoms with Crippen molar-refractivity contribution in [1.82, 2.24) is 9.78 Å². The second-order valence-electron chi connectivity index (χ2n) is 5.88. The third kappa shape index (κ3) is 2.45. The zero-order valence-corrected chi connectivity index (χ0v) is 13.0. The van der Waals surface area contributed by atoms with Gasteiger partial charge in [0.1, 0.15) is 17.1 Å². The number of hydrogen-bond donors (Lipinski definition) is 1. The average Bonchev–Trinajstić information content (AvgIpc) is 2.67. The van der Waals surface area contributed by atoms with E-state index in [1.807, 2.05) is 13.0 Å². The molecule has 1 aliphatic carbocycles. The molecule has 1 fully saturated rings. The van der Waals surface area contributed by atoms with Gasteiger partial charge in [0.25, 0.3) is 5.91 Å². The predicted molar refractivity (Wildman–Crippen MR) is 82.2 cm³/mol. The number of carbonyl (C=O) groups is 1. The second kappa shape index (κ2) is 5.44. The number of hydrogen-bond acceptors (Lipinski definition) is 4. The first kappa shape index (κ1) is 14.6. The molecule has 2 heterocycles. The van der Waals surface area contributed by atoms with E-state index < -0.39 is 11.5 Å². The Morgan fingerprint density at radius 1 is 1.36 bits per heavy atom. The normalized spacial score (nSPS) is 14.7. The number of aromatic nitrogens is 2. The van der Waals surface area contributed by atoms with Crippen molar-refractivity contribution >= 4 is 11.7 Å². The van der Waals surface area contributed by atoms with Gasteiger partial charge in [0.05, 0.1) is 6.20 Å². The van der Waals surface area contributed by atoms with Gasteiger partial charge in [0.15, 0.2) is 0 Å². The van der Waals surface area contributed by atoms with Gasteiger partial charge in [-0.05, 0) is 38.3 Å². The molecule has 3 rings (SSSR count). The largest absolute Gasteiger partial charge is 0.427 e. The molecule has 0 saturated heterocycles. The van der Waals surface area contributed by atoms with E-state index in [1.165, 1.54) is 0 Å². The number of rotatable bonds is 3. The van der Waals surface area contributed by atoms with Crippen LogP contribution >= 0.6 is 0 Å². The minimum atomic E-state index is -0.570. The molecule has 6 nitrogen and oxygen atoms in total. The maximum Gasteiger partial charge on any atom is 0.349 e. The van der Waals surface area contributed by atoms with Crippen LogP contribution in [0.2, 0.25) is 0 Å². The smallest absolute Gasteiger partial charge is 0.349 e. The van der Waals surface area contributed by atoms with E-state index in [9.17, 15) is 9.59 Å². The number of anilines is 1. The Hall–Kier alpha value is -2.37. The van der Waals surface area contributed by atoms with Crippen molar-refractivity contribution in [1.29, 1.82) is 0 Å². The quantitative estimate of drug-likeness (QED) is 0.945. The molecule has 0 bridgehead atoms. The van der Waals surface area contributed by atoms with Crippen LogP contribution < -0.4 is 10.9 Å². The van der Waals surface area contributed by atoms with E-state index in [0.717, 1.165) is 24.8 Å². The highest BCUT2D eigenvalue weighted by molar-refractivity contribution is 6.04. The van der Waals surface area contributed by atoms with Crippen molar-refractivity contribution in [3.8, 4) is 0 Å². The van der Waals surface area contributed by atoms with Crippen molar-refractivity contribution in [2.45, 2.75) is 39.0 Å². The molecule has 1 aliphatic rings. The van der Waals surface area contributed by atoms with Crippen LogP contribution in [-0.4, -0.2) is 15.7 Å². The summed E-state index contributed by atoms with van der Waals surface area (Å²) in [7, 11) is 1.73. The summed E-state index contributed by atoms with van der Waals surface area (Å²) in [6.07, 6.45) is 4.91. The van der Waals surface area contributed by atoms with E-state index >= 15 is 0 Å². The van der Waals surface area contributed by atoms with Gasteiger partial charge >= 0.3 is 5.63 Å². The molecule has 1 N–H and O–H groups in total. The van der Waals surface area contributed by atoms with Crippen molar-refractivity contribution < 1.29 is 9.21 Å². The van der Waals surface area contributed by atoms with Crippen LogP contribution in [0.5, 0.6) is 0 Å². The average molecular weight is 301 g/mol. The molecule has 22 heavy (non-hydrogen) atoms. The van der Waals surface area contributed by atoms with Crippen LogP contribution in [0.3, 0.4) is 0 Å². The van der Waals surface area contributed by atoms with Crippen LogP contribution in [0.25, 0.3) is 0 Å². The Balaban J connectivity index is 1.91. The lowest BCUT2D eigenvalue weighted by atomic mass is 9.83. The van der Waals surface area contributed by atoms with Crippen LogP contribution in [0.4, 0.5) is 5.82 Å². The molecule has 1 amide bonds. The maximum atomic E-state index is 12.4. The predicted octanol–water partition coefficient (Wildman–Crippen LogP) is 2.51. The Kier molecular flexibility index (Phi) is 3.60. The van der Waals surface area contributed by atoms with Gasteiger partial charge in [-0.25, -0.2) is 4.79 Å². The molecule has 2 aromatic heterocycles. The van der Waals surface area contributed by atoms with E-state index in [0.29, 0.717) is 23.1 Å². The molecular formula is C16H19N3O3. The summed E-state index contributed by atoms with van der Waals surface area (Å²) < 4.78 is 6.92. The lowest BCUT2D eigenvalue weighted by Gasteiger charge is -2.24. The summed E-state index contributed by atoms with van der Waals surface area (Å²) in [5, 5.41) is 6.80. The van der Waals surface area contributed by atoms with Gasteiger partial charge in [0.2, 0.25) is 0 Å². The molecule has 0 aliphatic heterocycles. The van der Waals surface area contributed by atoms with Gasteiger partial charge in [-0.2, -0.15) is 5.10 Å². The third-order valence-electron chi connectivity index (χ3n) is 4.26. The standard InChI is InChI=1S/C16H19N3O3/c1-9-7-12(11-5-4-6-11)22-16(21)13(9)15(20)18-14-10(2)8-17-19(14)3/h7-8,11H,4-6H2,1-3H3,(H,18,20). The van der Waals surface area contributed by atoms with E-state index in [-0.39, 0.29) is 5.56 Å². The van der Waals surface area contributed by atoms with E-state index in [4.69, 9.17) is 4.42 Å². The molecule has 2 aromatic rings. The van der Waals surface area contributed by atoms with Crippen molar-refractivity contribution in [3.63, 3.8) is 0 Å². The first-order chi connectivity index (χ1) is 10.5. The van der Waals surface area contributed by atoms with Gasteiger partial charge < -0.3 is 9.73 Å². The number of carbonyl (C=O) groups excluding carboxylic acids is 1. The highest BCUT2D eigenvalue weighted by Crippen LogP contribution is 2.36. The van der Waals surface area contributed by atoms with Crippen molar-refractivity contribution in [2.75, 3.05) is 5.32 Å². The fourth-order valence-corrected chi connectivity index (χ4v) is 2.70. The van der Waals surface area contributed by atoms with Crippen LogP contribution in [0, 0.1) is 13.8 Å². The summed E-state index contributed by atoms with van der Waals surface area (Å²) in [4.78, 5) is 24.6. The van der Waals surface area contributed by atoms with Gasteiger partial charge in [-0.15, -0.1) is 0 Å². The molecule has 0 unspecified atom stereocenters. The van der Waals surface area contributed by atoms with Crippen molar-refractivity contribution in [2.24, 2.45) is 7.05 Å². The molecule has 1 saturated carbocycles. The second-order valence-corrected chi connectivity index (χ2v) is 5.88. The summed E-state index contributed by atoms with van der Waals surface area (Å²) >= 11 is 0. The fraction of sp³-hybridized carbons (Fsp3) is 0.438. The minimum Gasteiger partial charge on any atom is -0.427 e. The monoisotopic (exact) mass is 301 g/mol. The summed E-state index contributed by atoms with van der Waals surface area (Å²) in [6, 6.07) is 1.82. The third-order valence-corrected chi connectivity index (χ3v) is 4.26. The van der Waals surface area contributed by atoms with Gasteiger partial charge in [-0.3, -0.25) is 9.48 Å². The van der Waals surface area contributed by atoms with E-state index in [2.05, 4.69) is 10.4 Å². The lowest BCUT2D eigenvalue weighted by Crippen LogP contribution is -2.25. The molecule has 0 atom stereocenters. The summed E-state index contributed by atoms with van der Waals surface area (Å²) in [5.41, 5.74) is 0.974. The van der Waals surface area contributed by atoms with Crippen LogP contribution in [-0.2, 0) is 7.05 Å². The first-order valence-electron chi connectivity index (χ1n) is 7.42. The Morgan fingerprint density at radius 3 is 2.59 bits per heavy atom. The Morgan fingerprint density at radius 2 is 2.09 bits per heavy atom. The summed E-state index contributed by atoms with van der Waals surface area (Å²) in [6.45, 7) is 3.61. The number of nitrogens with zero attached hydrogens (tertiary/aromatic N) is 2. The Bertz CT molecular complexity index is 765. The van der Waals surface area contributed by atoms with Gasteiger partial charge in [-0.1, -0.05) is 6.42 Å². The van der Waals surface area contributed by atoms with Gasteiger partial charge in [0, 0.05) is 18.5 Å². The van der Waals surface area contributed by atoms with Crippen LogP contribution in [0.15, 0.2) is 21.5 Å². The van der Waals surface area contributed by atoms with Crippen molar-refractivity contribution in [3.05, 3.63) is 45.1 Å². The zero-order chi connectivity index (χ0) is 15.9. The molecule has 0 spiro atoms. The highest BCUT2D eigenvalue weighted by atomic mass is 16.4. The SMILES string of the molecule is Cc1cc(C2CCC2)oc(=O)c1C(=O)Nc1c(C)cnn1C. The first-order valence-corrected chi connectivity index (χ1v) is 7.42. The number of nitrogens with one attached hydrogen (secondary N) is 1. The zero-order valence-electron chi connectivity index (χ0n) is 13.0. The molecule has 116 valence electrons. The fourth-order valence-electron chi connectivity index (χ4n) is 2.70. The van der Waals surface area contributed by atoms with E-state index in [1.54, 1.807) is 24.9 Å². The number of amides is 1. The topological polar surface area (TPSA) is 77.1 Å². The summed E-state index contributed by atoms with van der Waals surface area (Å²) in [5.74, 6) is 1.13. The molecule has 0 radical (unpaired) electrons. The lowest BCUT2D eigenvalue weighted by molar-refractivity contribution is 0.102. The number of aryl methyl sites for hydroxylation is 3. The van der Waals surface area contributed by atoms with Crippen LogP contribution in [0.1, 0.15) is 52.4 Å².